The first-order valence-electron chi connectivity index (χ1n) is 6.73. The van der Waals surface area contributed by atoms with Crippen LogP contribution >= 0.6 is 11.6 Å². The van der Waals surface area contributed by atoms with Crippen molar-refractivity contribution in [1.29, 1.82) is 0 Å². The number of aryl methyl sites for hydroxylation is 1. The Labute approximate surface area is 115 Å². The van der Waals surface area contributed by atoms with Crippen LogP contribution in [0.25, 0.3) is 0 Å². The Morgan fingerprint density at radius 3 is 2.33 bits per heavy atom. The summed E-state index contributed by atoms with van der Waals surface area (Å²) in [7, 11) is 0. The maximum Gasteiger partial charge on any atom is 0.161 e. The molecule has 0 fully saturated rings. The lowest BCUT2D eigenvalue weighted by Gasteiger charge is -2.13. The van der Waals surface area contributed by atoms with Crippen LogP contribution in [0.2, 0.25) is 0 Å². The van der Waals surface area contributed by atoms with Crippen LogP contribution in [-0.4, -0.2) is 18.6 Å². The maximum absolute atomic E-state index is 6.14. The van der Waals surface area contributed by atoms with Crippen LogP contribution in [0, 0.1) is 0 Å². The molecule has 0 heterocycles. The van der Waals surface area contributed by atoms with Gasteiger partial charge in [0, 0.05) is 5.38 Å². The summed E-state index contributed by atoms with van der Waals surface area (Å²) in [6.45, 7) is 7.37. The molecule has 0 aromatic heterocycles. The highest BCUT2D eigenvalue weighted by Gasteiger charge is 2.07. The van der Waals surface area contributed by atoms with Crippen molar-refractivity contribution in [2.24, 2.45) is 0 Å². The summed E-state index contributed by atoms with van der Waals surface area (Å²) in [4.78, 5) is 0. The lowest BCUT2D eigenvalue weighted by molar-refractivity contribution is 0.287. The number of halogens is 1. The number of benzene rings is 1. The van der Waals surface area contributed by atoms with Crippen molar-refractivity contribution in [2.75, 3.05) is 13.2 Å². The van der Waals surface area contributed by atoms with E-state index in [0.717, 1.165) is 30.8 Å². The van der Waals surface area contributed by atoms with Gasteiger partial charge in [0.1, 0.15) is 0 Å². The molecule has 1 rings (SSSR count). The molecule has 1 unspecified atom stereocenters. The third-order valence-corrected chi connectivity index (χ3v) is 3.32. The van der Waals surface area contributed by atoms with Gasteiger partial charge in [0.2, 0.25) is 0 Å². The Morgan fingerprint density at radius 1 is 1.06 bits per heavy atom. The molecule has 0 saturated carbocycles. The predicted molar refractivity (Wildman–Crippen MR) is 77.0 cm³/mol. The minimum absolute atomic E-state index is 0.257. The van der Waals surface area contributed by atoms with E-state index in [9.17, 15) is 0 Å². The van der Waals surface area contributed by atoms with Crippen molar-refractivity contribution < 1.29 is 9.47 Å². The number of ether oxygens (including phenoxy) is 2. The van der Waals surface area contributed by atoms with Gasteiger partial charge >= 0.3 is 0 Å². The fourth-order valence-electron chi connectivity index (χ4n) is 1.78. The molecule has 0 aliphatic carbocycles. The van der Waals surface area contributed by atoms with Gasteiger partial charge in [-0.25, -0.2) is 0 Å². The molecule has 1 atom stereocenters. The van der Waals surface area contributed by atoms with Gasteiger partial charge < -0.3 is 9.47 Å². The van der Waals surface area contributed by atoms with Gasteiger partial charge in [-0.1, -0.05) is 13.0 Å². The van der Waals surface area contributed by atoms with E-state index >= 15 is 0 Å². The maximum atomic E-state index is 6.14. The summed E-state index contributed by atoms with van der Waals surface area (Å²) < 4.78 is 11.1. The number of hydrogen-bond donors (Lipinski definition) is 0. The van der Waals surface area contributed by atoms with Crippen LogP contribution in [0.1, 0.15) is 39.2 Å². The summed E-state index contributed by atoms with van der Waals surface area (Å²) in [5.41, 5.74) is 1.25. The number of rotatable bonds is 8. The second-order valence-corrected chi connectivity index (χ2v) is 4.81. The Balaban J connectivity index is 2.72. The standard InChI is InChI=1S/C15H23ClO2/c1-4-13(16)9-7-12-8-10-14(17-5-2)15(11-12)18-6-3/h8,10-11,13H,4-7,9H2,1-3H3. The van der Waals surface area contributed by atoms with Crippen LogP contribution < -0.4 is 9.47 Å². The highest BCUT2D eigenvalue weighted by molar-refractivity contribution is 6.20. The monoisotopic (exact) mass is 270 g/mol. The molecule has 18 heavy (non-hydrogen) atoms. The third kappa shape index (κ3) is 4.77. The number of alkyl halides is 1. The zero-order valence-corrected chi connectivity index (χ0v) is 12.3. The largest absolute Gasteiger partial charge is 0.490 e. The van der Waals surface area contributed by atoms with Crippen molar-refractivity contribution in [3.8, 4) is 11.5 Å². The Morgan fingerprint density at radius 2 is 1.72 bits per heavy atom. The smallest absolute Gasteiger partial charge is 0.161 e. The molecule has 0 aliphatic heterocycles. The van der Waals surface area contributed by atoms with Gasteiger partial charge in [0.25, 0.3) is 0 Å². The molecule has 0 N–H and O–H groups in total. The highest BCUT2D eigenvalue weighted by Crippen LogP contribution is 2.29. The topological polar surface area (TPSA) is 18.5 Å². The molecule has 0 spiro atoms. The van der Waals surface area contributed by atoms with Gasteiger partial charge in [0.15, 0.2) is 11.5 Å². The normalized spacial score (nSPS) is 12.2. The molecule has 102 valence electrons. The van der Waals surface area contributed by atoms with Crippen molar-refractivity contribution in [3.63, 3.8) is 0 Å². The van der Waals surface area contributed by atoms with Gasteiger partial charge in [-0.3, -0.25) is 0 Å². The zero-order valence-electron chi connectivity index (χ0n) is 11.5. The average molecular weight is 271 g/mol. The van der Waals surface area contributed by atoms with Crippen molar-refractivity contribution in [1.82, 2.24) is 0 Å². The molecular weight excluding hydrogens is 248 g/mol. The molecule has 0 aliphatic rings. The van der Waals surface area contributed by atoms with Crippen LogP contribution in [0.5, 0.6) is 11.5 Å². The van der Waals surface area contributed by atoms with Crippen LogP contribution in [0.4, 0.5) is 0 Å². The van der Waals surface area contributed by atoms with Gasteiger partial charge in [-0.05, 0) is 50.8 Å². The molecule has 2 nitrogen and oxygen atoms in total. The quantitative estimate of drug-likeness (QED) is 0.651. The Hall–Kier alpha value is -0.890. The summed E-state index contributed by atoms with van der Waals surface area (Å²) in [6, 6.07) is 6.14. The molecule has 0 bridgehead atoms. The van der Waals surface area contributed by atoms with E-state index in [1.807, 2.05) is 19.9 Å². The molecule has 3 heteroatoms. The lowest BCUT2D eigenvalue weighted by atomic mass is 10.1. The first-order chi connectivity index (χ1) is 8.71. The van der Waals surface area contributed by atoms with E-state index < -0.39 is 0 Å². The second-order valence-electron chi connectivity index (χ2n) is 4.19. The number of hydrogen-bond acceptors (Lipinski definition) is 2. The fourth-order valence-corrected chi connectivity index (χ4v) is 1.89. The highest BCUT2D eigenvalue weighted by atomic mass is 35.5. The van der Waals surface area contributed by atoms with E-state index in [1.165, 1.54) is 5.56 Å². The van der Waals surface area contributed by atoms with Gasteiger partial charge in [-0.2, -0.15) is 0 Å². The summed E-state index contributed by atoms with van der Waals surface area (Å²) in [6.07, 6.45) is 2.99. The van der Waals surface area contributed by atoms with E-state index in [0.29, 0.717) is 13.2 Å². The van der Waals surface area contributed by atoms with E-state index in [2.05, 4.69) is 19.1 Å². The van der Waals surface area contributed by atoms with Gasteiger partial charge in [-0.15, -0.1) is 11.6 Å². The van der Waals surface area contributed by atoms with Crippen molar-refractivity contribution in [2.45, 2.75) is 45.4 Å². The van der Waals surface area contributed by atoms with Crippen molar-refractivity contribution >= 4 is 11.6 Å². The SMILES string of the molecule is CCOc1ccc(CCC(Cl)CC)cc1OCC. The molecule has 1 aromatic carbocycles. The second kappa shape index (κ2) is 8.25. The Kier molecular flexibility index (Phi) is 6.96. The predicted octanol–water partition coefficient (Wildman–Crippen LogP) is 4.43. The van der Waals surface area contributed by atoms with Gasteiger partial charge in [0.05, 0.1) is 13.2 Å². The minimum Gasteiger partial charge on any atom is -0.490 e. The molecular formula is C15H23ClO2. The summed E-state index contributed by atoms with van der Waals surface area (Å²) in [5.74, 6) is 1.65. The van der Waals surface area contributed by atoms with Crippen molar-refractivity contribution in [3.05, 3.63) is 23.8 Å². The minimum atomic E-state index is 0.257. The first-order valence-corrected chi connectivity index (χ1v) is 7.17. The summed E-state index contributed by atoms with van der Waals surface area (Å²) in [5, 5.41) is 0.257. The fraction of sp³-hybridized carbons (Fsp3) is 0.600. The van der Waals surface area contributed by atoms with E-state index in [4.69, 9.17) is 21.1 Å². The van der Waals surface area contributed by atoms with E-state index in [1.54, 1.807) is 0 Å². The average Bonchev–Trinajstić information content (AvgIpc) is 2.39. The zero-order chi connectivity index (χ0) is 13.4. The van der Waals surface area contributed by atoms with Crippen LogP contribution in [-0.2, 0) is 6.42 Å². The van der Waals surface area contributed by atoms with E-state index in [-0.39, 0.29) is 5.38 Å². The Bertz CT molecular complexity index is 352. The molecule has 0 radical (unpaired) electrons. The molecule has 0 saturated heterocycles. The lowest BCUT2D eigenvalue weighted by Crippen LogP contribution is -2.01. The third-order valence-electron chi connectivity index (χ3n) is 2.80. The summed E-state index contributed by atoms with van der Waals surface area (Å²) >= 11 is 6.14. The molecule has 1 aromatic rings. The van der Waals surface area contributed by atoms with Crippen LogP contribution in [0.15, 0.2) is 18.2 Å². The first kappa shape index (κ1) is 15.2. The van der Waals surface area contributed by atoms with Crippen LogP contribution in [0.3, 0.4) is 0 Å². The molecule has 0 amide bonds.